The van der Waals surface area contributed by atoms with Crippen LogP contribution in [0.5, 0.6) is 0 Å². The highest BCUT2D eigenvalue weighted by molar-refractivity contribution is 4.78. The Morgan fingerprint density at radius 3 is 2.88 bits per heavy atom. The summed E-state index contributed by atoms with van der Waals surface area (Å²) in [5, 5.41) is 9.05. The maximum Gasteiger partial charge on any atom is 0.0608 e. The van der Waals surface area contributed by atoms with Crippen molar-refractivity contribution in [3.8, 4) is 0 Å². The Labute approximate surface area is 105 Å². The number of unbranched alkanes of at least 4 members (excludes halogenated alkanes) is 1. The van der Waals surface area contributed by atoms with Gasteiger partial charge in [-0.2, -0.15) is 0 Å². The van der Waals surface area contributed by atoms with Gasteiger partial charge in [-0.3, -0.25) is 0 Å². The lowest BCUT2D eigenvalue weighted by molar-refractivity contribution is 0.152. The highest BCUT2D eigenvalue weighted by Gasteiger charge is 2.22. The van der Waals surface area contributed by atoms with Gasteiger partial charge in [0.15, 0.2) is 0 Å². The molecule has 0 radical (unpaired) electrons. The zero-order valence-electron chi connectivity index (χ0n) is 11.3. The van der Waals surface area contributed by atoms with E-state index in [9.17, 15) is 0 Å². The number of ether oxygens (including phenoxy) is 1. The van der Waals surface area contributed by atoms with Crippen LogP contribution in [0.15, 0.2) is 0 Å². The Hall–Kier alpha value is -0.160. The van der Waals surface area contributed by atoms with Crippen LogP contribution < -0.4 is 5.73 Å². The van der Waals surface area contributed by atoms with Gasteiger partial charge >= 0.3 is 0 Å². The minimum Gasteiger partial charge on any atom is -0.394 e. The largest absolute Gasteiger partial charge is 0.394 e. The van der Waals surface area contributed by atoms with Gasteiger partial charge in [0.25, 0.3) is 0 Å². The summed E-state index contributed by atoms with van der Waals surface area (Å²) in [7, 11) is 1.78. The van der Waals surface area contributed by atoms with E-state index in [0.717, 1.165) is 31.9 Å². The van der Waals surface area contributed by atoms with Crippen molar-refractivity contribution in [1.29, 1.82) is 0 Å². The Morgan fingerprint density at radius 2 is 2.24 bits per heavy atom. The summed E-state index contributed by atoms with van der Waals surface area (Å²) in [6, 6.07) is 0. The second-order valence-electron chi connectivity index (χ2n) is 5.68. The summed E-state index contributed by atoms with van der Waals surface area (Å²) >= 11 is 0. The molecule has 0 bridgehead atoms. The predicted octanol–water partition coefficient (Wildman–Crippen LogP) is 0.835. The molecule has 1 aliphatic heterocycles. The summed E-state index contributed by atoms with van der Waals surface area (Å²) in [5.74, 6) is 0.720. The van der Waals surface area contributed by atoms with Crippen molar-refractivity contribution in [2.75, 3.05) is 40.0 Å². The van der Waals surface area contributed by atoms with Crippen molar-refractivity contribution in [2.45, 2.75) is 38.1 Å². The van der Waals surface area contributed by atoms with Gasteiger partial charge in [-0.15, -0.1) is 0 Å². The fourth-order valence-electron chi connectivity index (χ4n) is 2.43. The van der Waals surface area contributed by atoms with E-state index in [1.54, 1.807) is 7.11 Å². The number of aliphatic hydroxyl groups is 1. The zero-order valence-corrected chi connectivity index (χ0v) is 11.3. The Bertz CT molecular complexity index is 210. The van der Waals surface area contributed by atoms with E-state index < -0.39 is 5.54 Å². The maximum atomic E-state index is 9.05. The van der Waals surface area contributed by atoms with Crippen LogP contribution in [0.1, 0.15) is 32.6 Å². The normalized spacial score (nSPS) is 25.1. The second-order valence-corrected chi connectivity index (χ2v) is 5.68. The van der Waals surface area contributed by atoms with Crippen LogP contribution >= 0.6 is 0 Å². The van der Waals surface area contributed by atoms with Gasteiger partial charge in [0.2, 0.25) is 0 Å². The molecule has 1 rings (SSSR count). The highest BCUT2D eigenvalue weighted by atomic mass is 16.5. The minimum absolute atomic E-state index is 0.0760. The van der Waals surface area contributed by atoms with E-state index in [2.05, 4.69) is 4.90 Å². The smallest absolute Gasteiger partial charge is 0.0608 e. The molecule has 4 heteroatoms. The quantitative estimate of drug-likeness (QED) is 0.621. The van der Waals surface area contributed by atoms with E-state index in [1.807, 2.05) is 6.92 Å². The summed E-state index contributed by atoms with van der Waals surface area (Å²) in [4.78, 5) is 2.51. The summed E-state index contributed by atoms with van der Waals surface area (Å²) in [6.45, 7) is 6.41. The number of hydrogen-bond donors (Lipinski definition) is 2. The molecule has 102 valence electrons. The summed E-state index contributed by atoms with van der Waals surface area (Å²) < 4.78 is 5.19. The standard InChI is InChI=1S/C13H28N2O2/c1-13(14,11-16)6-3-4-7-15-8-5-12(9-15)10-17-2/h12,16H,3-11,14H2,1-2H3. The van der Waals surface area contributed by atoms with Crippen molar-refractivity contribution in [2.24, 2.45) is 11.7 Å². The first-order valence-corrected chi connectivity index (χ1v) is 6.68. The van der Waals surface area contributed by atoms with Crippen LogP contribution in [0.4, 0.5) is 0 Å². The average Bonchev–Trinajstić information content (AvgIpc) is 2.73. The summed E-state index contributed by atoms with van der Waals surface area (Å²) in [5.41, 5.74) is 5.49. The first kappa shape index (κ1) is 14.9. The predicted molar refractivity (Wildman–Crippen MR) is 70.0 cm³/mol. The van der Waals surface area contributed by atoms with Gasteiger partial charge in [-0.05, 0) is 45.2 Å². The molecule has 4 nitrogen and oxygen atoms in total. The van der Waals surface area contributed by atoms with Crippen LogP contribution in [0.2, 0.25) is 0 Å². The van der Waals surface area contributed by atoms with Crippen LogP contribution in [-0.4, -0.2) is 55.5 Å². The van der Waals surface area contributed by atoms with Gasteiger partial charge in [-0.25, -0.2) is 0 Å². The highest BCUT2D eigenvalue weighted by Crippen LogP contribution is 2.17. The Morgan fingerprint density at radius 1 is 1.47 bits per heavy atom. The third-order valence-corrected chi connectivity index (χ3v) is 3.61. The molecule has 2 atom stereocenters. The lowest BCUT2D eigenvalue weighted by atomic mass is 9.97. The molecule has 1 fully saturated rings. The third-order valence-electron chi connectivity index (χ3n) is 3.61. The molecule has 0 aliphatic carbocycles. The molecular formula is C13H28N2O2. The molecule has 3 N–H and O–H groups in total. The number of aliphatic hydroxyl groups excluding tert-OH is 1. The molecule has 1 heterocycles. The molecule has 0 aromatic rings. The fraction of sp³-hybridized carbons (Fsp3) is 1.00. The lowest BCUT2D eigenvalue weighted by Gasteiger charge is -2.22. The van der Waals surface area contributed by atoms with Crippen LogP contribution in [-0.2, 0) is 4.74 Å². The van der Waals surface area contributed by atoms with Gasteiger partial charge < -0.3 is 20.5 Å². The first-order valence-electron chi connectivity index (χ1n) is 6.68. The Kier molecular flexibility index (Phi) is 6.41. The number of rotatable bonds is 8. The molecular weight excluding hydrogens is 216 g/mol. The van der Waals surface area contributed by atoms with E-state index in [0.29, 0.717) is 0 Å². The van der Waals surface area contributed by atoms with Crippen molar-refractivity contribution in [3.63, 3.8) is 0 Å². The van der Waals surface area contributed by atoms with E-state index in [1.165, 1.54) is 25.9 Å². The molecule has 0 aromatic carbocycles. The second kappa shape index (κ2) is 7.31. The Balaban J connectivity index is 2.04. The van der Waals surface area contributed by atoms with Crippen molar-refractivity contribution in [1.82, 2.24) is 4.90 Å². The van der Waals surface area contributed by atoms with Crippen LogP contribution in [0.3, 0.4) is 0 Å². The number of nitrogens with two attached hydrogens (primary N) is 1. The zero-order chi connectivity index (χ0) is 12.7. The van der Waals surface area contributed by atoms with E-state index >= 15 is 0 Å². The number of methoxy groups -OCH3 is 1. The molecule has 2 unspecified atom stereocenters. The summed E-state index contributed by atoms with van der Waals surface area (Å²) in [6.07, 6.45) is 4.43. The van der Waals surface area contributed by atoms with E-state index in [-0.39, 0.29) is 6.61 Å². The molecule has 0 amide bonds. The molecule has 1 saturated heterocycles. The average molecular weight is 244 g/mol. The van der Waals surface area contributed by atoms with Gasteiger partial charge in [0.05, 0.1) is 13.2 Å². The van der Waals surface area contributed by atoms with Gasteiger partial charge in [0, 0.05) is 19.2 Å². The van der Waals surface area contributed by atoms with E-state index in [4.69, 9.17) is 15.6 Å². The topological polar surface area (TPSA) is 58.7 Å². The molecule has 17 heavy (non-hydrogen) atoms. The number of nitrogens with zero attached hydrogens (tertiary/aromatic N) is 1. The monoisotopic (exact) mass is 244 g/mol. The molecule has 0 saturated carbocycles. The van der Waals surface area contributed by atoms with Crippen molar-refractivity contribution in [3.05, 3.63) is 0 Å². The number of hydrogen-bond acceptors (Lipinski definition) is 4. The fourth-order valence-corrected chi connectivity index (χ4v) is 2.43. The molecule has 0 aromatic heterocycles. The van der Waals surface area contributed by atoms with Crippen molar-refractivity contribution < 1.29 is 9.84 Å². The third kappa shape index (κ3) is 5.82. The van der Waals surface area contributed by atoms with Gasteiger partial charge in [0.1, 0.15) is 0 Å². The number of likely N-dealkylation sites (tertiary alicyclic amines) is 1. The van der Waals surface area contributed by atoms with Gasteiger partial charge in [-0.1, -0.05) is 6.42 Å². The lowest BCUT2D eigenvalue weighted by Crippen LogP contribution is -2.40. The van der Waals surface area contributed by atoms with Crippen LogP contribution in [0, 0.1) is 5.92 Å². The SMILES string of the molecule is COCC1CCN(CCCCC(C)(N)CO)C1. The van der Waals surface area contributed by atoms with Crippen molar-refractivity contribution >= 4 is 0 Å². The molecule has 0 spiro atoms. The minimum atomic E-state index is -0.399. The van der Waals surface area contributed by atoms with Crippen LogP contribution in [0.25, 0.3) is 0 Å². The molecule has 1 aliphatic rings. The first-order chi connectivity index (χ1) is 8.07. The maximum absolute atomic E-state index is 9.05.